The van der Waals surface area contributed by atoms with Crippen LogP contribution in [0.5, 0.6) is 0 Å². The van der Waals surface area contributed by atoms with Gasteiger partial charge in [0.25, 0.3) is 0 Å². The van der Waals surface area contributed by atoms with Crippen LogP contribution in [0.3, 0.4) is 0 Å². The highest BCUT2D eigenvalue weighted by Gasteiger charge is 2.27. The molecule has 4 heterocycles. The van der Waals surface area contributed by atoms with Crippen LogP contribution in [0.2, 0.25) is 0 Å². The second-order valence-electron chi connectivity index (χ2n) is 12.7. The molecule has 0 saturated heterocycles. The molecule has 4 aromatic heterocycles. The minimum absolute atomic E-state index is 0.553. The van der Waals surface area contributed by atoms with E-state index in [1.807, 2.05) is 60.7 Å². The molecule has 0 unspecified atom stereocenters. The third-order valence-electron chi connectivity index (χ3n) is 10.2. The minimum Gasteiger partial charge on any atom is -0.456 e. The highest BCUT2D eigenvalue weighted by molar-refractivity contribution is 6.37. The van der Waals surface area contributed by atoms with Crippen LogP contribution in [0.25, 0.3) is 116 Å². The van der Waals surface area contributed by atoms with Crippen LogP contribution in [0.4, 0.5) is 0 Å². The van der Waals surface area contributed by atoms with Gasteiger partial charge in [-0.15, -0.1) is 0 Å². The van der Waals surface area contributed by atoms with Gasteiger partial charge in [-0.3, -0.25) is 4.57 Å². The summed E-state index contributed by atoms with van der Waals surface area (Å²) in [5.74, 6) is 1.74. The van der Waals surface area contributed by atoms with Crippen molar-refractivity contribution in [2.75, 3.05) is 0 Å². The largest absolute Gasteiger partial charge is 0.456 e. The van der Waals surface area contributed by atoms with E-state index in [4.69, 9.17) is 23.8 Å². The monoisotopic (exact) mass is 626 g/mol. The topological polar surface area (TPSA) is 69.9 Å². The van der Waals surface area contributed by atoms with Gasteiger partial charge in [-0.2, -0.15) is 9.97 Å². The van der Waals surface area contributed by atoms with Gasteiger partial charge in [0.2, 0.25) is 5.95 Å². The van der Waals surface area contributed by atoms with Gasteiger partial charge in [0.05, 0.1) is 11.0 Å². The molecule has 1 aliphatic carbocycles. The van der Waals surface area contributed by atoms with E-state index in [2.05, 4.69) is 77.4 Å². The highest BCUT2D eigenvalue weighted by Crippen LogP contribution is 2.50. The van der Waals surface area contributed by atoms with Crippen LogP contribution in [-0.2, 0) is 0 Å². The smallest absolute Gasteiger partial charge is 0.238 e. The molecule has 0 atom stereocenters. The maximum atomic E-state index is 6.52. The molecular weight excluding hydrogens is 604 g/mol. The first-order chi connectivity index (χ1) is 24.3. The molecule has 0 N–H and O–H groups in total. The molecule has 0 radical (unpaired) electrons. The Morgan fingerprint density at radius 2 is 1.04 bits per heavy atom. The fraction of sp³-hybridized carbons (Fsp3) is 0. The zero-order valence-corrected chi connectivity index (χ0v) is 25.8. The Labute approximate surface area is 277 Å². The third-order valence-corrected chi connectivity index (χ3v) is 10.2. The second-order valence-corrected chi connectivity index (χ2v) is 12.7. The van der Waals surface area contributed by atoms with Gasteiger partial charge in [-0.1, -0.05) is 97.1 Å². The van der Waals surface area contributed by atoms with Crippen molar-refractivity contribution in [1.29, 1.82) is 0 Å². The lowest BCUT2D eigenvalue weighted by Gasteiger charge is -2.12. The predicted molar refractivity (Wildman–Crippen MR) is 196 cm³/mol. The second kappa shape index (κ2) is 8.97. The number of furan rings is 2. The van der Waals surface area contributed by atoms with Crippen molar-refractivity contribution in [3.63, 3.8) is 0 Å². The Hall–Kier alpha value is -6.79. The standard InChI is InChI=1S/C43H22N4O2/c1-2-9-24(10-3-1)41-44-42(28-15-8-18-32-36(28)27-12-4-5-17-31(27)48-32)46-43(45-41)47-29-16-7-14-26-25-13-6-11-23-19-21-33-39(35(23)25)40-34(49-33)22-20-30(47)38(40)37(26)29/h1-22H. The number of hydrogen-bond donors (Lipinski definition) is 0. The average molecular weight is 627 g/mol. The Morgan fingerprint density at radius 3 is 1.96 bits per heavy atom. The highest BCUT2D eigenvalue weighted by atomic mass is 16.3. The number of hydrogen-bond acceptors (Lipinski definition) is 5. The van der Waals surface area contributed by atoms with Crippen LogP contribution in [-0.4, -0.2) is 19.5 Å². The van der Waals surface area contributed by atoms with E-state index in [1.54, 1.807) is 0 Å². The van der Waals surface area contributed by atoms with E-state index in [-0.39, 0.29) is 0 Å². The first-order valence-electron chi connectivity index (χ1n) is 16.4. The molecule has 49 heavy (non-hydrogen) atoms. The van der Waals surface area contributed by atoms with Gasteiger partial charge >= 0.3 is 0 Å². The number of para-hydroxylation sites is 1. The molecule has 7 aromatic carbocycles. The lowest BCUT2D eigenvalue weighted by atomic mass is 9.95. The van der Waals surface area contributed by atoms with Gasteiger partial charge in [0, 0.05) is 48.8 Å². The van der Waals surface area contributed by atoms with Crippen LogP contribution in [0.1, 0.15) is 0 Å². The molecule has 0 aliphatic heterocycles. The molecule has 11 aromatic rings. The lowest BCUT2D eigenvalue weighted by molar-refractivity contribution is 0.669. The van der Waals surface area contributed by atoms with E-state index in [0.717, 1.165) is 71.4 Å². The molecule has 0 spiro atoms. The van der Waals surface area contributed by atoms with E-state index in [0.29, 0.717) is 17.6 Å². The predicted octanol–water partition coefficient (Wildman–Crippen LogP) is 11.2. The van der Waals surface area contributed by atoms with Crippen LogP contribution < -0.4 is 0 Å². The SMILES string of the molecule is c1ccc(-c2nc(-c3cccc4oc5ccccc5c34)nc(-n3c4cccc5c4c4c6c(ccc43)oc3ccc4cccc-5c4c36)n2)cc1. The lowest BCUT2D eigenvalue weighted by Crippen LogP contribution is -2.06. The summed E-state index contributed by atoms with van der Waals surface area (Å²) in [5.41, 5.74) is 9.65. The Bertz CT molecular complexity index is 3220. The summed E-state index contributed by atoms with van der Waals surface area (Å²) < 4.78 is 15.0. The Kier molecular flexibility index (Phi) is 4.63. The zero-order valence-electron chi connectivity index (χ0n) is 25.8. The van der Waals surface area contributed by atoms with Crippen molar-refractivity contribution in [1.82, 2.24) is 19.5 Å². The minimum atomic E-state index is 0.553. The molecule has 0 amide bonds. The number of benzene rings is 7. The molecule has 1 aliphatic rings. The first-order valence-corrected chi connectivity index (χ1v) is 16.4. The van der Waals surface area contributed by atoms with E-state index in [9.17, 15) is 0 Å². The molecule has 226 valence electrons. The number of nitrogens with zero attached hydrogens (tertiary/aromatic N) is 4. The molecule has 0 bridgehead atoms. The zero-order chi connectivity index (χ0) is 31.8. The Balaban J connectivity index is 1.24. The maximum Gasteiger partial charge on any atom is 0.238 e. The summed E-state index contributed by atoms with van der Waals surface area (Å²) in [5, 5.41) is 9.05. The maximum absolute atomic E-state index is 6.52. The van der Waals surface area contributed by atoms with Crippen LogP contribution in [0.15, 0.2) is 142 Å². The molecule has 0 saturated carbocycles. The van der Waals surface area contributed by atoms with E-state index < -0.39 is 0 Å². The van der Waals surface area contributed by atoms with Crippen molar-refractivity contribution >= 4 is 76.5 Å². The summed E-state index contributed by atoms with van der Waals surface area (Å²) >= 11 is 0. The summed E-state index contributed by atoms with van der Waals surface area (Å²) in [6.45, 7) is 0. The number of fused-ring (bicyclic) bond motifs is 4. The summed E-state index contributed by atoms with van der Waals surface area (Å²) in [4.78, 5) is 15.6. The molecular formula is C43H22N4O2. The summed E-state index contributed by atoms with van der Waals surface area (Å²) in [6.07, 6.45) is 0. The molecule has 6 heteroatoms. The van der Waals surface area contributed by atoms with Crippen molar-refractivity contribution in [3.8, 4) is 39.9 Å². The van der Waals surface area contributed by atoms with Crippen molar-refractivity contribution in [2.45, 2.75) is 0 Å². The van der Waals surface area contributed by atoms with Crippen LogP contribution >= 0.6 is 0 Å². The molecule has 6 nitrogen and oxygen atoms in total. The normalized spacial score (nSPS) is 12.5. The van der Waals surface area contributed by atoms with Gasteiger partial charge in [-0.05, 0) is 52.9 Å². The van der Waals surface area contributed by atoms with Gasteiger partial charge < -0.3 is 8.83 Å². The van der Waals surface area contributed by atoms with Crippen molar-refractivity contribution in [2.24, 2.45) is 0 Å². The Morgan fingerprint density at radius 1 is 0.388 bits per heavy atom. The van der Waals surface area contributed by atoms with Crippen LogP contribution in [0, 0.1) is 0 Å². The quantitative estimate of drug-likeness (QED) is 0.195. The summed E-state index contributed by atoms with van der Waals surface area (Å²) in [6, 6.07) is 45.9. The van der Waals surface area contributed by atoms with Crippen molar-refractivity contribution < 1.29 is 8.83 Å². The average Bonchev–Trinajstić information content (AvgIpc) is 3.81. The first kappa shape index (κ1) is 25.3. The fourth-order valence-corrected chi connectivity index (χ4v) is 8.20. The van der Waals surface area contributed by atoms with Gasteiger partial charge in [0.1, 0.15) is 22.3 Å². The third kappa shape index (κ3) is 3.22. The van der Waals surface area contributed by atoms with Gasteiger partial charge in [-0.25, -0.2) is 4.98 Å². The van der Waals surface area contributed by atoms with E-state index in [1.165, 1.54) is 27.3 Å². The number of rotatable bonds is 3. The van der Waals surface area contributed by atoms with E-state index >= 15 is 0 Å². The number of aromatic nitrogens is 4. The molecule has 0 fully saturated rings. The van der Waals surface area contributed by atoms with Gasteiger partial charge in [0.15, 0.2) is 11.6 Å². The van der Waals surface area contributed by atoms with Crippen molar-refractivity contribution in [3.05, 3.63) is 133 Å². The molecule has 12 rings (SSSR count). The summed E-state index contributed by atoms with van der Waals surface area (Å²) in [7, 11) is 0. The fourth-order valence-electron chi connectivity index (χ4n) is 8.20.